The molecule has 0 bridgehead atoms. The Hall–Kier alpha value is -2.81. The van der Waals surface area contributed by atoms with E-state index in [1.54, 1.807) is 0 Å². The lowest BCUT2D eigenvalue weighted by Gasteiger charge is -2.36. The average molecular weight is 660 g/mol. The fourth-order valence-corrected chi connectivity index (χ4v) is 6.68. The number of imidazole rings is 2. The van der Waals surface area contributed by atoms with Crippen LogP contribution in [0.4, 0.5) is 5.82 Å². The quantitative estimate of drug-likeness (QED) is 0.227. The van der Waals surface area contributed by atoms with Gasteiger partial charge in [0.25, 0.3) is 0 Å². The highest BCUT2D eigenvalue weighted by Crippen LogP contribution is 2.38. The first-order valence-corrected chi connectivity index (χ1v) is 19.4. The smallest absolute Gasteiger partial charge is 0.308 e. The number of nitrogens with zero attached hydrogens (tertiary/aromatic N) is 7. The molecule has 1 aliphatic heterocycles. The minimum absolute atomic E-state index is 0.0214. The number of ether oxygens (including phenoxy) is 1. The maximum atomic E-state index is 12.9. The predicted octanol–water partition coefficient (Wildman–Crippen LogP) is 5.16. The molecule has 4 aromatic rings. The molecule has 0 saturated carbocycles. The molecule has 4 heterocycles. The summed E-state index contributed by atoms with van der Waals surface area (Å²) in [5.74, 6) is 0.735. The highest BCUT2D eigenvalue weighted by Gasteiger charge is 2.37. The lowest BCUT2D eigenvalue weighted by atomic mass is 10.0. The van der Waals surface area contributed by atoms with Gasteiger partial charge in [0.15, 0.2) is 19.8 Å². The monoisotopic (exact) mass is 659 g/mol. The molecule has 5 rings (SSSR count). The van der Waals surface area contributed by atoms with Gasteiger partial charge in [-0.3, -0.25) is 0 Å². The third-order valence-electron chi connectivity index (χ3n) is 8.76. The summed E-state index contributed by atoms with van der Waals surface area (Å²) in [6.45, 7) is 16.0. The van der Waals surface area contributed by atoms with Crippen molar-refractivity contribution in [3.63, 3.8) is 0 Å². The molecule has 0 spiro atoms. The summed E-state index contributed by atoms with van der Waals surface area (Å²) in [5, 5.41) is 5.84. The largest absolute Gasteiger partial charge is 0.411 e. The first-order chi connectivity index (χ1) is 20.6. The van der Waals surface area contributed by atoms with Crippen LogP contribution >= 0.6 is 11.6 Å². The van der Waals surface area contributed by atoms with E-state index in [0.717, 1.165) is 36.6 Å². The topological polar surface area (TPSA) is 107 Å². The molecule has 0 aliphatic carbocycles. The van der Waals surface area contributed by atoms with Crippen molar-refractivity contribution in [2.45, 2.75) is 58.9 Å². The fourth-order valence-electron chi connectivity index (χ4n) is 4.77. The van der Waals surface area contributed by atoms with Crippen LogP contribution in [0.2, 0.25) is 23.2 Å². The number of rotatable bonds is 9. The van der Waals surface area contributed by atoms with E-state index >= 15 is 0 Å². The van der Waals surface area contributed by atoms with Gasteiger partial charge >= 0.3 is 10.2 Å². The van der Waals surface area contributed by atoms with Crippen LogP contribution in [-0.2, 0) is 32.4 Å². The molecule has 3 aromatic heterocycles. The first kappa shape index (κ1) is 32.6. The van der Waals surface area contributed by atoms with Gasteiger partial charge in [0, 0.05) is 44.8 Å². The highest BCUT2D eigenvalue weighted by molar-refractivity contribution is 7.87. The van der Waals surface area contributed by atoms with Crippen LogP contribution in [-0.4, -0.2) is 85.0 Å². The summed E-state index contributed by atoms with van der Waals surface area (Å²) in [4.78, 5) is 11.8. The average Bonchev–Trinajstić information content (AvgIpc) is 3.60. The SMILES string of the molecule is Cc1c(Cl)cccc1Cc1c(CO[Si](C)(C)C(C)(C)C)nc2c(-c3cn(S(=O)(=O)N(C)C)cn3)cc(N3CCOCC3)nn12. The van der Waals surface area contributed by atoms with Crippen molar-refractivity contribution >= 4 is 41.6 Å². The maximum absolute atomic E-state index is 12.9. The second-order valence-corrected chi connectivity index (χ2v) is 20.1. The van der Waals surface area contributed by atoms with E-state index in [1.807, 2.05) is 29.6 Å². The third-order valence-corrected chi connectivity index (χ3v) is 15.3. The van der Waals surface area contributed by atoms with Crippen molar-refractivity contribution in [2.75, 3.05) is 45.3 Å². The Morgan fingerprint density at radius 2 is 1.86 bits per heavy atom. The summed E-state index contributed by atoms with van der Waals surface area (Å²) in [6, 6.07) is 7.85. The summed E-state index contributed by atoms with van der Waals surface area (Å²) < 4.78 is 42.3. The van der Waals surface area contributed by atoms with Crippen molar-refractivity contribution in [1.82, 2.24) is 27.9 Å². The number of benzene rings is 1. The van der Waals surface area contributed by atoms with Crippen molar-refractivity contribution in [3.8, 4) is 11.3 Å². The molecule has 0 amide bonds. The Labute approximate surface area is 266 Å². The number of morpholine rings is 1. The molecule has 14 heteroatoms. The highest BCUT2D eigenvalue weighted by atomic mass is 35.5. The Kier molecular flexibility index (Phi) is 9.02. The van der Waals surface area contributed by atoms with Crippen LogP contribution in [0.1, 0.15) is 43.3 Å². The van der Waals surface area contributed by atoms with Crippen molar-refractivity contribution in [2.24, 2.45) is 0 Å². The molecule has 1 saturated heterocycles. The number of hydrogen-bond acceptors (Lipinski definition) is 8. The first-order valence-electron chi connectivity index (χ1n) is 14.7. The number of fused-ring (bicyclic) bond motifs is 1. The molecule has 238 valence electrons. The van der Waals surface area contributed by atoms with E-state index in [1.165, 1.54) is 26.6 Å². The summed E-state index contributed by atoms with van der Waals surface area (Å²) >= 11 is 6.54. The van der Waals surface area contributed by atoms with Gasteiger partial charge in [-0.25, -0.2) is 18.5 Å². The molecule has 0 unspecified atom stereocenters. The summed E-state index contributed by atoms with van der Waals surface area (Å²) in [6.07, 6.45) is 3.37. The van der Waals surface area contributed by atoms with Gasteiger partial charge in [-0.05, 0) is 48.3 Å². The van der Waals surface area contributed by atoms with Gasteiger partial charge in [-0.2, -0.15) is 12.7 Å². The minimum atomic E-state index is -3.75. The molecule has 0 atom stereocenters. The van der Waals surface area contributed by atoms with Gasteiger partial charge < -0.3 is 14.1 Å². The van der Waals surface area contributed by atoms with E-state index in [4.69, 9.17) is 30.8 Å². The molecular formula is C30H42ClN7O4SSi. The van der Waals surface area contributed by atoms with Crippen LogP contribution in [0, 0.1) is 6.92 Å². The lowest BCUT2D eigenvalue weighted by Crippen LogP contribution is -2.40. The standard InChI is InChI=1S/C30H42ClN7O4SSi/c1-21-22(10-9-11-24(21)31)16-27-26(19-42-44(7,8)30(2,3)4)33-29-23(25-18-37(20-32-25)43(39,40)35(5)6)17-28(34-38(27)29)36-12-14-41-15-13-36/h9-11,17-18,20H,12-16,19H2,1-8H3. The van der Waals surface area contributed by atoms with Gasteiger partial charge in [0.05, 0.1) is 42.5 Å². The molecule has 1 aromatic carbocycles. The van der Waals surface area contributed by atoms with Crippen LogP contribution in [0.15, 0.2) is 36.8 Å². The zero-order chi connectivity index (χ0) is 32.0. The molecule has 1 aliphatic rings. The third kappa shape index (κ3) is 6.31. The van der Waals surface area contributed by atoms with E-state index in [9.17, 15) is 8.42 Å². The van der Waals surface area contributed by atoms with E-state index in [0.29, 0.717) is 61.3 Å². The Balaban J connectivity index is 1.73. The zero-order valence-electron chi connectivity index (χ0n) is 26.8. The van der Waals surface area contributed by atoms with Gasteiger partial charge in [0.2, 0.25) is 0 Å². The molecular weight excluding hydrogens is 618 g/mol. The second kappa shape index (κ2) is 12.2. The van der Waals surface area contributed by atoms with Crippen LogP contribution in [0.3, 0.4) is 0 Å². The van der Waals surface area contributed by atoms with E-state index in [2.05, 4.69) is 49.8 Å². The van der Waals surface area contributed by atoms with Crippen LogP contribution in [0.25, 0.3) is 16.9 Å². The molecule has 0 radical (unpaired) electrons. The summed E-state index contributed by atoms with van der Waals surface area (Å²) in [7, 11) is -2.89. The Morgan fingerprint density at radius 3 is 2.52 bits per heavy atom. The number of halogens is 1. The van der Waals surface area contributed by atoms with Gasteiger partial charge in [-0.15, -0.1) is 5.10 Å². The molecule has 1 fully saturated rings. The second-order valence-electron chi connectivity index (χ2n) is 12.9. The Morgan fingerprint density at radius 1 is 1.16 bits per heavy atom. The van der Waals surface area contributed by atoms with Crippen molar-refractivity contribution < 1.29 is 17.6 Å². The predicted molar refractivity (Wildman–Crippen MR) is 176 cm³/mol. The number of anilines is 1. The molecule has 44 heavy (non-hydrogen) atoms. The fraction of sp³-hybridized carbons (Fsp3) is 0.500. The van der Waals surface area contributed by atoms with Crippen molar-refractivity contribution in [1.29, 1.82) is 0 Å². The van der Waals surface area contributed by atoms with Gasteiger partial charge in [-0.1, -0.05) is 44.5 Å². The molecule has 0 N–H and O–H groups in total. The molecule has 11 nitrogen and oxygen atoms in total. The zero-order valence-corrected chi connectivity index (χ0v) is 29.3. The lowest BCUT2D eigenvalue weighted by molar-refractivity contribution is 0.122. The normalized spacial score (nSPS) is 15.1. The summed E-state index contributed by atoms with van der Waals surface area (Å²) in [5.41, 5.74) is 5.47. The Bertz CT molecular complexity index is 1770. The van der Waals surface area contributed by atoms with E-state index < -0.39 is 18.5 Å². The minimum Gasteiger partial charge on any atom is -0.411 e. The van der Waals surface area contributed by atoms with Crippen LogP contribution in [0.5, 0.6) is 0 Å². The van der Waals surface area contributed by atoms with E-state index in [-0.39, 0.29) is 5.04 Å². The number of hydrogen-bond donors (Lipinski definition) is 0. The maximum Gasteiger partial charge on any atom is 0.308 e. The number of aromatic nitrogens is 5. The van der Waals surface area contributed by atoms with Gasteiger partial charge in [0.1, 0.15) is 6.33 Å². The van der Waals surface area contributed by atoms with Crippen molar-refractivity contribution in [3.05, 3.63) is 64.3 Å². The van der Waals surface area contributed by atoms with Crippen LogP contribution < -0.4 is 4.90 Å².